The van der Waals surface area contributed by atoms with Crippen molar-refractivity contribution in [2.24, 2.45) is 33.6 Å². The van der Waals surface area contributed by atoms with Crippen LogP contribution in [-0.4, -0.2) is 55.7 Å². The summed E-state index contributed by atoms with van der Waals surface area (Å²) in [5.74, 6) is 0.649. The normalized spacial score (nSPS) is 41.2. The van der Waals surface area contributed by atoms with Gasteiger partial charge in [-0.25, -0.2) is 9.97 Å². The van der Waals surface area contributed by atoms with E-state index in [1.165, 1.54) is 28.5 Å². The summed E-state index contributed by atoms with van der Waals surface area (Å²) < 4.78 is 0. The number of hydrogen-bond donors (Lipinski definition) is 2. The van der Waals surface area contributed by atoms with Gasteiger partial charge in [0.25, 0.3) is 0 Å². The van der Waals surface area contributed by atoms with Gasteiger partial charge in [-0.05, 0) is 105 Å². The molecule has 1 aromatic heterocycles. The number of aliphatic hydroxyl groups is 2. The largest absolute Gasteiger partial charge is 0.393 e. The van der Waals surface area contributed by atoms with Crippen molar-refractivity contribution in [2.75, 3.05) is 5.75 Å². The Bertz CT molecular complexity index is 1260. The molecular formula is C32H43N3O3S. The molecule has 1 aliphatic heterocycles. The van der Waals surface area contributed by atoms with Crippen LogP contribution >= 0.6 is 11.8 Å². The zero-order valence-corrected chi connectivity index (χ0v) is 24.6. The van der Waals surface area contributed by atoms with Crippen LogP contribution in [0, 0.1) is 35.5 Å². The maximum Gasteiger partial charge on any atom is 0.188 e. The lowest BCUT2D eigenvalue weighted by Crippen LogP contribution is -2.61. The highest BCUT2D eigenvalue weighted by atomic mass is 32.2. The van der Waals surface area contributed by atoms with Crippen molar-refractivity contribution in [3.63, 3.8) is 0 Å². The van der Waals surface area contributed by atoms with Crippen LogP contribution in [0.15, 0.2) is 45.2 Å². The van der Waals surface area contributed by atoms with Crippen LogP contribution in [-0.2, 0) is 4.79 Å². The Morgan fingerprint density at radius 2 is 2.00 bits per heavy atom. The number of ketones is 1. The molecule has 0 saturated heterocycles. The highest BCUT2D eigenvalue weighted by Gasteiger charge is 2.68. The average molecular weight is 550 g/mol. The number of fused-ring (bicyclic) bond motifs is 5. The van der Waals surface area contributed by atoms with Crippen molar-refractivity contribution in [3.05, 3.63) is 40.8 Å². The van der Waals surface area contributed by atoms with Crippen molar-refractivity contribution >= 4 is 23.8 Å². The number of aryl methyl sites for hydroxylation is 1. The Kier molecular flexibility index (Phi) is 6.95. The standard InChI is InChI=1S/C32H43N3O3S/c1-5-23-8-6-20-14-22-7-9-24-25-10-12-32(38,27(37)18-39-29-33-13-11-19(2)35-29)31(25,4)16-26(36)28(24)30(22,3)15-21(20)17-34-23/h11,13-14,17,23-26,28,36,38H,5-10,12,15-16,18H2,1-4H3. The van der Waals surface area contributed by atoms with Crippen LogP contribution < -0.4 is 0 Å². The number of thioether (sulfide) groups is 1. The molecule has 4 aliphatic carbocycles. The zero-order valence-electron chi connectivity index (χ0n) is 23.8. The molecule has 39 heavy (non-hydrogen) atoms. The summed E-state index contributed by atoms with van der Waals surface area (Å²) in [7, 11) is 0. The monoisotopic (exact) mass is 549 g/mol. The summed E-state index contributed by atoms with van der Waals surface area (Å²) in [5.41, 5.74) is 2.99. The maximum absolute atomic E-state index is 13.6. The minimum Gasteiger partial charge on any atom is -0.393 e. The molecule has 8 unspecified atom stereocenters. The number of aliphatic imine (C=N–C) groups is 1. The predicted molar refractivity (Wildman–Crippen MR) is 155 cm³/mol. The van der Waals surface area contributed by atoms with Gasteiger partial charge >= 0.3 is 0 Å². The maximum atomic E-state index is 13.6. The molecule has 1 aromatic rings. The highest BCUT2D eigenvalue weighted by Crippen LogP contribution is 2.68. The fraction of sp³-hybridized carbons (Fsp3) is 0.688. The Hall–Kier alpha value is -1.83. The predicted octanol–water partition coefficient (Wildman–Crippen LogP) is 5.66. The molecule has 3 fully saturated rings. The summed E-state index contributed by atoms with van der Waals surface area (Å²) in [6, 6.07) is 2.24. The van der Waals surface area contributed by atoms with E-state index in [0.29, 0.717) is 30.0 Å². The molecule has 6 nitrogen and oxygen atoms in total. The summed E-state index contributed by atoms with van der Waals surface area (Å²) in [4.78, 5) is 27.2. The molecule has 2 N–H and O–H groups in total. The van der Waals surface area contributed by atoms with Gasteiger partial charge in [-0.3, -0.25) is 9.79 Å². The molecule has 3 saturated carbocycles. The minimum absolute atomic E-state index is 0.107. The van der Waals surface area contributed by atoms with Gasteiger partial charge in [0.1, 0.15) is 5.60 Å². The van der Waals surface area contributed by atoms with Crippen molar-refractivity contribution < 1.29 is 15.0 Å². The third-order valence-electron chi connectivity index (χ3n) is 11.4. The van der Waals surface area contributed by atoms with E-state index in [4.69, 9.17) is 4.99 Å². The topological polar surface area (TPSA) is 95.7 Å². The van der Waals surface area contributed by atoms with E-state index in [1.807, 2.05) is 13.0 Å². The molecule has 0 amide bonds. The first-order valence-corrected chi connectivity index (χ1v) is 15.9. The number of hydrogen-bond acceptors (Lipinski definition) is 7. The molecule has 210 valence electrons. The molecule has 7 heteroatoms. The number of Topliss-reactive ketones (excluding diaryl/α,β-unsaturated/α-hetero) is 1. The molecule has 6 rings (SSSR count). The SMILES string of the molecule is CCC1CCC2=C(C=N1)CC1(C)C(=C2)CCC2C1C(O)CC1(C)C2CCC1(O)C(=O)CSc1nccc(C)n1. The van der Waals surface area contributed by atoms with Crippen molar-refractivity contribution in [1.29, 1.82) is 0 Å². The molecule has 0 radical (unpaired) electrons. The van der Waals surface area contributed by atoms with Crippen molar-refractivity contribution in [1.82, 2.24) is 9.97 Å². The lowest BCUT2D eigenvalue weighted by atomic mass is 9.45. The fourth-order valence-electron chi connectivity index (χ4n) is 9.22. The quantitative estimate of drug-likeness (QED) is 0.363. The number of carbonyl (C=O) groups is 1. The van der Waals surface area contributed by atoms with E-state index >= 15 is 0 Å². The molecule has 0 spiro atoms. The Labute approximate surface area is 236 Å². The summed E-state index contributed by atoms with van der Waals surface area (Å²) >= 11 is 1.30. The van der Waals surface area contributed by atoms with E-state index in [1.54, 1.807) is 6.20 Å². The second kappa shape index (κ2) is 9.92. The van der Waals surface area contributed by atoms with Crippen LogP contribution in [0.25, 0.3) is 0 Å². The molecule has 0 aromatic carbocycles. The van der Waals surface area contributed by atoms with Gasteiger partial charge in [0.2, 0.25) is 0 Å². The average Bonchev–Trinajstić information content (AvgIpc) is 3.04. The fourth-order valence-corrected chi connectivity index (χ4v) is 10.1. The number of nitrogens with zero attached hydrogens (tertiary/aromatic N) is 3. The van der Waals surface area contributed by atoms with E-state index < -0.39 is 17.1 Å². The Balaban J connectivity index is 1.24. The number of rotatable bonds is 5. The van der Waals surface area contributed by atoms with Gasteiger partial charge in [-0.2, -0.15) is 0 Å². The van der Waals surface area contributed by atoms with E-state index in [-0.39, 0.29) is 28.8 Å². The molecule has 8 atom stereocenters. The van der Waals surface area contributed by atoms with Crippen LogP contribution in [0.2, 0.25) is 0 Å². The minimum atomic E-state index is -1.43. The van der Waals surface area contributed by atoms with Gasteiger partial charge < -0.3 is 10.2 Å². The lowest BCUT2D eigenvalue weighted by molar-refractivity contribution is -0.177. The Morgan fingerprint density at radius 1 is 1.18 bits per heavy atom. The third-order valence-corrected chi connectivity index (χ3v) is 12.2. The number of aliphatic hydroxyl groups excluding tert-OH is 1. The molecular weight excluding hydrogens is 506 g/mol. The third kappa shape index (κ3) is 4.29. The lowest BCUT2D eigenvalue weighted by Gasteiger charge is -2.60. The summed E-state index contributed by atoms with van der Waals surface area (Å²) in [5, 5.41) is 24.5. The molecule has 0 bridgehead atoms. The highest BCUT2D eigenvalue weighted by molar-refractivity contribution is 7.99. The van der Waals surface area contributed by atoms with Gasteiger partial charge in [0.15, 0.2) is 10.9 Å². The number of aromatic nitrogens is 2. The molecule has 5 aliphatic rings. The first kappa shape index (κ1) is 27.3. The van der Waals surface area contributed by atoms with Gasteiger partial charge in [-0.1, -0.05) is 44.2 Å². The second-order valence-corrected chi connectivity index (χ2v) is 14.3. The van der Waals surface area contributed by atoms with Crippen LogP contribution in [0.5, 0.6) is 0 Å². The first-order chi connectivity index (χ1) is 18.6. The van der Waals surface area contributed by atoms with Crippen LogP contribution in [0.1, 0.15) is 84.3 Å². The summed E-state index contributed by atoms with van der Waals surface area (Å²) in [6.07, 6.45) is 13.8. The summed E-state index contributed by atoms with van der Waals surface area (Å²) in [6.45, 7) is 8.57. The van der Waals surface area contributed by atoms with Gasteiger partial charge in [0, 0.05) is 29.6 Å². The first-order valence-electron chi connectivity index (χ1n) is 14.9. The van der Waals surface area contributed by atoms with Gasteiger partial charge in [-0.15, -0.1) is 0 Å². The number of allylic oxidation sites excluding steroid dienone is 4. The molecule has 2 heterocycles. The van der Waals surface area contributed by atoms with Gasteiger partial charge in [0.05, 0.1) is 11.9 Å². The zero-order chi connectivity index (χ0) is 27.6. The van der Waals surface area contributed by atoms with E-state index in [9.17, 15) is 15.0 Å². The van der Waals surface area contributed by atoms with Crippen LogP contribution in [0.3, 0.4) is 0 Å². The van der Waals surface area contributed by atoms with Crippen molar-refractivity contribution in [2.45, 2.75) is 108 Å². The smallest absolute Gasteiger partial charge is 0.188 e. The van der Waals surface area contributed by atoms with Crippen molar-refractivity contribution in [3.8, 4) is 0 Å². The second-order valence-electron chi connectivity index (χ2n) is 13.3. The van der Waals surface area contributed by atoms with E-state index in [0.717, 1.165) is 50.6 Å². The van der Waals surface area contributed by atoms with Crippen LogP contribution in [0.4, 0.5) is 0 Å². The Morgan fingerprint density at radius 3 is 2.77 bits per heavy atom. The van der Waals surface area contributed by atoms with E-state index in [2.05, 4.69) is 43.0 Å². The number of carbonyl (C=O) groups excluding carboxylic acids is 1.